The Bertz CT molecular complexity index is 642. The van der Waals surface area contributed by atoms with E-state index < -0.39 is 0 Å². The van der Waals surface area contributed by atoms with E-state index in [1.54, 1.807) is 19.2 Å². The van der Waals surface area contributed by atoms with Crippen LogP contribution in [0.15, 0.2) is 47.5 Å². The number of halogens is 2. The molecule has 110 valence electrons. The van der Waals surface area contributed by atoms with Gasteiger partial charge in [-0.25, -0.2) is 4.99 Å². The molecule has 0 saturated heterocycles. The van der Waals surface area contributed by atoms with Crippen molar-refractivity contribution >= 4 is 34.8 Å². The van der Waals surface area contributed by atoms with Crippen LogP contribution in [0.5, 0.6) is 5.75 Å². The molecule has 2 rings (SSSR count). The Morgan fingerprint density at radius 3 is 2.52 bits per heavy atom. The first-order valence-corrected chi connectivity index (χ1v) is 6.99. The number of rotatable bonds is 4. The van der Waals surface area contributed by atoms with E-state index in [9.17, 15) is 0 Å². The smallest absolute Gasteiger partial charge is 0.193 e. The number of nitrogens with two attached hydrogens (primary N) is 1. The van der Waals surface area contributed by atoms with E-state index in [0.29, 0.717) is 28.3 Å². The number of hydrogen-bond donors (Lipinski definition) is 2. The maximum Gasteiger partial charge on any atom is 0.193 e. The van der Waals surface area contributed by atoms with Gasteiger partial charge < -0.3 is 15.8 Å². The van der Waals surface area contributed by atoms with Crippen molar-refractivity contribution in [3.63, 3.8) is 0 Å². The summed E-state index contributed by atoms with van der Waals surface area (Å²) < 4.78 is 5.09. The summed E-state index contributed by atoms with van der Waals surface area (Å²) in [4.78, 5) is 4.26. The van der Waals surface area contributed by atoms with Crippen LogP contribution >= 0.6 is 23.2 Å². The van der Waals surface area contributed by atoms with Gasteiger partial charge in [-0.15, -0.1) is 0 Å². The highest BCUT2D eigenvalue weighted by molar-refractivity contribution is 6.32. The van der Waals surface area contributed by atoms with Crippen LogP contribution in [0.25, 0.3) is 0 Å². The van der Waals surface area contributed by atoms with Crippen LogP contribution in [0.1, 0.15) is 5.56 Å². The summed E-state index contributed by atoms with van der Waals surface area (Å²) in [6, 6.07) is 12.8. The highest BCUT2D eigenvalue weighted by Crippen LogP contribution is 2.27. The van der Waals surface area contributed by atoms with Gasteiger partial charge in [-0.3, -0.25) is 0 Å². The molecule has 0 heterocycles. The van der Waals surface area contributed by atoms with Crippen molar-refractivity contribution < 1.29 is 4.74 Å². The average molecular weight is 324 g/mol. The van der Waals surface area contributed by atoms with Crippen molar-refractivity contribution in [1.82, 2.24) is 0 Å². The summed E-state index contributed by atoms with van der Waals surface area (Å²) in [5, 5.41) is 4.18. The lowest BCUT2D eigenvalue weighted by Gasteiger charge is -2.08. The Kier molecular flexibility index (Phi) is 5.31. The molecule has 0 aromatic heterocycles. The fourth-order valence-corrected chi connectivity index (χ4v) is 2.08. The number of nitrogens with one attached hydrogen (secondary N) is 1. The minimum absolute atomic E-state index is 0.311. The van der Waals surface area contributed by atoms with E-state index in [4.69, 9.17) is 33.7 Å². The Morgan fingerprint density at radius 1 is 1.19 bits per heavy atom. The molecular formula is C15H15Cl2N3O. The van der Waals surface area contributed by atoms with E-state index >= 15 is 0 Å². The van der Waals surface area contributed by atoms with Gasteiger partial charge >= 0.3 is 0 Å². The quantitative estimate of drug-likeness (QED) is 0.662. The third kappa shape index (κ3) is 4.55. The average Bonchev–Trinajstić information content (AvgIpc) is 2.47. The number of aliphatic imine (C=N–C) groups is 1. The Hall–Kier alpha value is -1.91. The molecular weight excluding hydrogens is 309 g/mol. The number of nitrogens with zero attached hydrogens (tertiary/aromatic N) is 1. The van der Waals surface area contributed by atoms with Gasteiger partial charge in [0, 0.05) is 10.7 Å². The minimum atomic E-state index is 0.311. The maximum atomic E-state index is 6.04. The second kappa shape index (κ2) is 7.20. The van der Waals surface area contributed by atoms with Gasteiger partial charge in [-0.2, -0.15) is 0 Å². The second-order valence-corrected chi connectivity index (χ2v) is 5.15. The van der Waals surface area contributed by atoms with E-state index in [2.05, 4.69) is 10.3 Å². The largest absolute Gasteiger partial charge is 0.495 e. The van der Waals surface area contributed by atoms with Crippen LogP contribution in [0.3, 0.4) is 0 Å². The van der Waals surface area contributed by atoms with Gasteiger partial charge in [-0.1, -0.05) is 35.3 Å². The fourth-order valence-electron chi connectivity index (χ4n) is 1.70. The zero-order valence-corrected chi connectivity index (χ0v) is 12.9. The molecule has 0 radical (unpaired) electrons. The maximum absolute atomic E-state index is 6.04. The summed E-state index contributed by atoms with van der Waals surface area (Å²) in [6.07, 6.45) is 0. The molecule has 6 heteroatoms. The number of guanidine groups is 1. The third-order valence-corrected chi connectivity index (χ3v) is 3.32. The van der Waals surface area contributed by atoms with Gasteiger partial charge in [-0.05, 0) is 35.9 Å². The molecule has 0 unspecified atom stereocenters. The van der Waals surface area contributed by atoms with E-state index in [1.165, 1.54) is 0 Å². The van der Waals surface area contributed by atoms with Crippen LogP contribution in [0, 0.1) is 0 Å². The topological polar surface area (TPSA) is 59.6 Å². The van der Waals surface area contributed by atoms with Gasteiger partial charge in [0.25, 0.3) is 0 Å². The molecule has 0 atom stereocenters. The van der Waals surface area contributed by atoms with E-state index in [0.717, 1.165) is 11.3 Å². The zero-order chi connectivity index (χ0) is 15.2. The lowest BCUT2D eigenvalue weighted by Crippen LogP contribution is -2.22. The molecule has 21 heavy (non-hydrogen) atoms. The normalized spacial score (nSPS) is 11.3. The van der Waals surface area contributed by atoms with Gasteiger partial charge in [0.2, 0.25) is 0 Å². The molecule has 0 aliphatic carbocycles. The number of hydrogen-bond acceptors (Lipinski definition) is 2. The number of anilines is 1. The van der Waals surface area contributed by atoms with Crippen molar-refractivity contribution in [3.05, 3.63) is 58.1 Å². The summed E-state index contributed by atoms with van der Waals surface area (Å²) in [5.74, 6) is 0.921. The van der Waals surface area contributed by atoms with E-state index in [1.807, 2.05) is 30.3 Å². The van der Waals surface area contributed by atoms with Crippen LogP contribution in [0.2, 0.25) is 10.0 Å². The first-order chi connectivity index (χ1) is 10.1. The molecule has 0 fully saturated rings. The lowest BCUT2D eigenvalue weighted by molar-refractivity contribution is 0.415. The number of benzene rings is 2. The zero-order valence-electron chi connectivity index (χ0n) is 11.4. The molecule has 2 aromatic carbocycles. The van der Waals surface area contributed by atoms with Crippen molar-refractivity contribution in [1.29, 1.82) is 0 Å². The fraction of sp³-hybridized carbons (Fsp3) is 0.133. The standard InChI is InChI=1S/C15H15Cl2N3O/c1-21-14-7-6-12(8-13(14)17)20-15(18)19-9-10-2-4-11(16)5-3-10/h2-8H,9H2,1H3,(H3,18,19,20). The highest BCUT2D eigenvalue weighted by Gasteiger charge is 2.02. The van der Waals surface area contributed by atoms with Crippen LogP contribution in [-0.4, -0.2) is 13.1 Å². The molecule has 0 spiro atoms. The van der Waals surface area contributed by atoms with Gasteiger partial charge in [0.05, 0.1) is 18.7 Å². The van der Waals surface area contributed by atoms with Crippen molar-refractivity contribution in [2.24, 2.45) is 10.7 Å². The molecule has 0 saturated carbocycles. The number of methoxy groups -OCH3 is 1. The molecule has 0 aliphatic rings. The van der Waals surface area contributed by atoms with Gasteiger partial charge in [0.1, 0.15) is 5.75 Å². The molecule has 4 nitrogen and oxygen atoms in total. The molecule has 3 N–H and O–H groups in total. The van der Waals surface area contributed by atoms with E-state index in [-0.39, 0.29) is 0 Å². The second-order valence-electron chi connectivity index (χ2n) is 4.30. The molecule has 0 amide bonds. The molecule has 2 aromatic rings. The lowest BCUT2D eigenvalue weighted by atomic mass is 10.2. The first kappa shape index (κ1) is 15.5. The molecule has 0 bridgehead atoms. The van der Waals surface area contributed by atoms with Crippen LogP contribution in [0.4, 0.5) is 5.69 Å². The Morgan fingerprint density at radius 2 is 1.90 bits per heavy atom. The number of ether oxygens (including phenoxy) is 1. The van der Waals surface area contributed by atoms with Crippen LogP contribution in [-0.2, 0) is 6.54 Å². The van der Waals surface area contributed by atoms with Crippen molar-refractivity contribution in [3.8, 4) is 5.75 Å². The van der Waals surface area contributed by atoms with Crippen molar-refractivity contribution in [2.75, 3.05) is 12.4 Å². The Labute approximate surface area is 133 Å². The predicted molar refractivity (Wildman–Crippen MR) is 88.4 cm³/mol. The summed E-state index contributed by atoms with van der Waals surface area (Å²) >= 11 is 11.9. The third-order valence-electron chi connectivity index (χ3n) is 2.77. The summed E-state index contributed by atoms with van der Waals surface area (Å²) in [7, 11) is 1.57. The minimum Gasteiger partial charge on any atom is -0.495 e. The monoisotopic (exact) mass is 323 g/mol. The molecule has 0 aliphatic heterocycles. The van der Waals surface area contributed by atoms with Crippen LogP contribution < -0.4 is 15.8 Å². The predicted octanol–water partition coefficient (Wildman–Crippen LogP) is 3.93. The van der Waals surface area contributed by atoms with Crippen molar-refractivity contribution in [2.45, 2.75) is 6.54 Å². The Balaban J connectivity index is 2.00. The first-order valence-electron chi connectivity index (χ1n) is 6.23. The highest BCUT2D eigenvalue weighted by atomic mass is 35.5. The summed E-state index contributed by atoms with van der Waals surface area (Å²) in [5.41, 5.74) is 7.62. The van der Waals surface area contributed by atoms with Gasteiger partial charge in [0.15, 0.2) is 5.96 Å². The SMILES string of the molecule is COc1ccc(NC(N)=NCc2ccc(Cl)cc2)cc1Cl. The summed E-state index contributed by atoms with van der Waals surface area (Å²) in [6.45, 7) is 0.472.